The molecule has 0 nitrogen and oxygen atoms in total. The van der Waals surface area contributed by atoms with Gasteiger partial charge < -0.3 is 0 Å². The highest BCUT2D eigenvalue weighted by atomic mass is 32.2. The number of rotatable bonds is 8. The van der Waals surface area contributed by atoms with E-state index in [0.29, 0.717) is 0 Å². The summed E-state index contributed by atoms with van der Waals surface area (Å²) in [6, 6.07) is 16.6. The van der Waals surface area contributed by atoms with Gasteiger partial charge in [-0.3, -0.25) is 0 Å². The fourth-order valence-electron chi connectivity index (χ4n) is 1.90. The summed E-state index contributed by atoms with van der Waals surface area (Å²) in [7, 11) is 0. The van der Waals surface area contributed by atoms with E-state index in [-0.39, 0.29) is 0 Å². The van der Waals surface area contributed by atoms with Crippen molar-refractivity contribution in [2.75, 3.05) is 11.5 Å². The van der Waals surface area contributed by atoms with E-state index >= 15 is 0 Å². The molecule has 0 saturated carbocycles. The van der Waals surface area contributed by atoms with Crippen LogP contribution < -0.4 is 0 Å². The molecular formula is C17H20S4. The molecule has 0 radical (unpaired) electrons. The van der Waals surface area contributed by atoms with Crippen molar-refractivity contribution in [3.63, 3.8) is 0 Å². The van der Waals surface area contributed by atoms with E-state index < -0.39 is 0 Å². The summed E-state index contributed by atoms with van der Waals surface area (Å²) in [4.78, 5) is 4.75. The average molecular weight is 353 g/mol. The van der Waals surface area contributed by atoms with Crippen molar-refractivity contribution in [1.82, 2.24) is 0 Å². The van der Waals surface area contributed by atoms with Crippen LogP contribution in [0.3, 0.4) is 0 Å². The van der Waals surface area contributed by atoms with Crippen LogP contribution in [0.25, 0.3) is 0 Å². The van der Waals surface area contributed by atoms with Gasteiger partial charge in [-0.25, -0.2) is 0 Å². The molecule has 0 aliphatic carbocycles. The fraction of sp³-hybridized carbons (Fsp3) is 0.294. The van der Waals surface area contributed by atoms with Crippen molar-refractivity contribution in [2.24, 2.45) is 0 Å². The lowest BCUT2D eigenvalue weighted by atomic mass is 10.3. The smallest absolute Gasteiger partial charge is 0.0205 e. The Labute approximate surface area is 147 Å². The third-order valence-corrected chi connectivity index (χ3v) is 6.44. The van der Waals surface area contributed by atoms with Gasteiger partial charge in [-0.2, -0.15) is 0 Å². The Hall–Kier alpha value is -0.160. The quantitative estimate of drug-likeness (QED) is 0.324. The van der Waals surface area contributed by atoms with Crippen LogP contribution >= 0.6 is 48.8 Å². The molecule has 4 heteroatoms. The van der Waals surface area contributed by atoms with E-state index in [9.17, 15) is 0 Å². The molecule has 0 unspecified atom stereocenters. The lowest BCUT2D eigenvalue weighted by Gasteiger charge is -2.05. The summed E-state index contributed by atoms with van der Waals surface area (Å²) >= 11 is 12.8. The molecule has 0 amide bonds. The second-order valence-electron chi connectivity index (χ2n) is 4.69. The van der Waals surface area contributed by atoms with E-state index in [2.05, 4.69) is 61.7 Å². The van der Waals surface area contributed by atoms with Crippen molar-refractivity contribution in [1.29, 1.82) is 0 Å². The van der Waals surface area contributed by atoms with Crippen LogP contribution in [-0.2, 0) is 0 Å². The molecular weight excluding hydrogens is 332 g/mol. The summed E-state index contributed by atoms with van der Waals surface area (Å²) in [5.74, 6) is 2.34. The van der Waals surface area contributed by atoms with Gasteiger partial charge in [-0.05, 0) is 48.6 Å². The maximum Gasteiger partial charge on any atom is 0.0205 e. The molecule has 0 heterocycles. The van der Waals surface area contributed by atoms with Crippen LogP contribution in [0.15, 0.2) is 68.1 Å². The third kappa shape index (κ3) is 6.23. The first-order chi connectivity index (χ1) is 10.3. The Bertz CT molecular complexity index is 504. The maximum absolute atomic E-state index is 4.48. The van der Waals surface area contributed by atoms with Crippen LogP contribution in [0.4, 0.5) is 0 Å². The van der Waals surface area contributed by atoms with Crippen LogP contribution in [0, 0.1) is 0 Å². The van der Waals surface area contributed by atoms with Gasteiger partial charge in [-0.1, -0.05) is 30.7 Å². The number of benzene rings is 2. The predicted octanol–water partition coefficient (Wildman–Crippen LogP) is 6.32. The van der Waals surface area contributed by atoms with Crippen molar-refractivity contribution in [3.8, 4) is 0 Å². The summed E-state index contributed by atoms with van der Waals surface area (Å²) in [6.07, 6.45) is 3.80. The Morgan fingerprint density at radius 3 is 1.48 bits per heavy atom. The van der Waals surface area contributed by atoms with Gasteiger partial charge in [-0.15, -0.1) is 48.8 Å². The molecule has 2 aromatic rings. The topological polar surface area (TPSA) is 0 Å². The minimum atomic E-state index is 1.09. The number of thioether (sulfide) groups is 2. The van der Waals surface area contributed by atoms with Gasteiger partial charge in [0.2, 0.25) is 0 Å². The largest absolute Gasteiger partial charge is 0.142 e. The van der Waals surface area contributed by atoms with E-state index in [1.165, 1.54) is 40.6 Å². The number of thiol groups is 2. The summed E-state index contributed by atoms with van der Waals surface area (Å²) in [6.45, 7) is 0. The lowest BCUT2D eigenvalue weighted by molar-refractivity contribution is 0.785. The Morgan fingerprint density at radius 2 is 1.05 bits per heavy atom. The Balaban J connectivity index is 1.57. The molecule has 2 rings (SSSR count). The molecule has 0 aliphatic heterocycles. The highest BCUT2D eigenvalue weighted by Gasteiger charge is 2.00. The van der Waals surface area contributed by atoms with E-state index in [4.69, 9.17) is 0 Å². The molecule has 2 aromatic carbocycles. The Morgan fingerprint density at radius 1 is 0.619 bits per heavy atom. The van der Waals surface area contributed by atoms with Gasteiger partial charge in [0.15, 0.2) is 0 Å². The van der Waals surface area contributed by atoms with Crippen molar-refractivity contribution >= 4 is 48.8 Å². The van der Waals surface area contributed by atoms with Gasteiger partial charge >= 0.3 is 0 Å². The normalized spacial score (nSPS) is 10.8. The number of unbranched alkanes of at least 4 members (excludes halogenated alkanes) is 2. The van der Waals surface area contributed by atoms with E-state index in [1.807, 2.05) is 35.7 Å². The highest BCUT2D eigenvalue weighted by Crippen LogP contribution is 2.28. The lowest BCUT2D eigenvalue weighted by Crippen LogP contribution is -1.85. The first-order valence-electron chi connectivity index (χ1n) is 7.09. The van der Waals surface area contributed by atoms with Crippen LogP contribution in [0.1, 0.15) is 19.3 Å². The molecule has 21 heavy (non-hydrogen) atoms. The summed E-state index contributed by atoms with van der Waals surface area (Å²) < 4.78 is 0. The zero-order chi connectivity index (χ0) is 14.9. The zero-order valence-electron chi connectivity index (χ0n) is 11.9. The standard InChI is InChI=1S/C17H20S4/c18-14-8-2-4-10-16(14)20-12-6-1-7-13-21-17-11-5-3-9-15(17)19/h2-5,8-11,18-19H,1,6-7,12-13H2. The minimum absolute atomic E-state index is 1.09. The van der Waals surface area contributed by atoms with Gasteiger partial charge in [0.1, 0.15) is 0 Å². The molecule has 0 aromatic heterocycles. The molecule has 0 fully saturated rings. The van der Waals surface area contributed by atoms with E-state index in [0.717, 1.165) is 9.79 Å². The fourth-order valence-corrected chi connectivity index (χ4v) is 4.53. The second-order valence-corrected chi connectivity index (χ2v) is 7.93. The van der Waals surface area contributed by atoms with E-state index in [1.54, 1.807) is 0 Å². The van der Waals surface area contributed by atoms with Gasteiger partial charge in [0, 0.05) is 19.6 Å². The molecule has 0 N–H and O–H groups in total. The molecule has 0 spiro atoms. The van der Waals surface area contributed by atoms with Crippen molar-refractivity contribution < 1.29 is 0 Å². The highest BCUT2D eigenvalue weighted by molar-refractivity contribution is 8.00. The van der Waals surface area contributed by atoms with Gasteiger partial charge in [0.05, 0.1) is 0 Å². The average Bonchev–Trinajstić information content (AvgIpc) is 2.50. The first-order valence-corrected chi connectivity index (χ1v) is 9.95. The number of hydrogen-bond donors (Lipinski definition) is 2. The van der Waals surface area contributed by atoms with Crippen LogP contribution in [-0.4, -0.2) is 11.5 Å². The maximum atomic E-state index is 4.48. The summed E-state index contributed by atoms with van der Waals surface area (Å²) in [5.41, 5.74) is 0. The predicted molar refractivity (Wildman–Crippen MR) is 103 cm³/mol. The van der Waals surface area contributed by atoms with Crippen molar-refractivity contribution in [3.05, 3.63) is 48.5 Å². The second kappa shape index (κ2) is 9.78. The number of hydrogen-bond acceptors (Lipinski definition) is 4. The monoisotopic (exact) mass is 352 g/mol. The SMILES string of the molecule is Sc1ccccc1SCCCCCSc1ccccc1S. The molecule has 0 saturated heterocycles. The molecule has 0 aliphatic rings. The molecule has 112 valence electrons. The van der Waals surface area contributed by atoms with Crippen LogP contribution in [0.5, 0.6) is 0 Å². The Kier molecular flexibility index (Phi) is 8.01. The molecule has 0 bridgehead atoms. The summed E-state index contributed by atoms with van der Waals surface area (Å²) in [5, 5.41) is 0. The zero-order valence-corrected chi connectivity index (χ0v) is 15.3. The third-order valence-electron chi connectivity index (χ3n) is 3.03. The minimum Gasteiger partial charge on any atom is -0.142 e. The molecule has 0 atom stereocenters. The van der Waals surface area contributed by atoms with Crippen LogP contribution in [0.2, 0.25) is 0 Å². The van der Waals surface area contributed by atoms with Gasteiger partial charge in [0.25, 0.3) is 0 Å². The first kappa shape index (κ1) is 17.2. The van der Waals surface area contributed by atoms with Crippen molar-refractivity contribution in [2.45, 2.75) is 38.8 Å².